The van der Waals surface area contributed by atoms with Gasteiger partial charge in [0.2, 0.25) is 0 Å². The summed E-state index contributed by atoms with van der Waals surface area (Å²) in [6.07, 6.45) is 0. The third-order valence-electron chi connectivity index (χ3n) is 2.52. The summed E-state index contributed by atoms with van der Waals surface area (Å²) in [5.41, 5.74) is 0.331. The number of anilines is 1. The summed E-state index contributed by atoms with van der Waals surface area (Å²) < 4.78 is 10.4. The number of nitrogens with zero attached hydrogens (tertiary/aromatic N) is 1. The summed E-state index contributed by atoms with van der Waals surface area (Å²) >= 11 is 1.37. The fraction of sp³-hybridized carbons (Fsp3) is 0.385. The van der Waals surface area contributed by atoms with Gasteiger partial charge in [-0.25, -0.2) is 9.78 Å². The molecule has 0 spiro atoms. The van der Waals surface area contributed by atoms with Gasteiger partial charge in [-0.3, -0.25) is 0 Å². The molecule has 0 aliphatic heterocycles. The van der Waals surface area contributed by atoms with Crippen LogP contribution in [0, 0.1) is 6.92 Å². The van der Waals surface area contributed by atoms with Gasteiger partial charge in [-0.05, 0) is 32.9 Å². The lowest BCUT2D eigenvalue weighted by molar-refractivity contribution is 0.0520. The van der Waals surface area contributed by atoms with E-state index in [9.17, 15) is 4.79 Å². The Hall–Kier alpha value is -1.82. The van der Waals surface area contributed by atoms with E-state index in [4.69, 9.17) is 9.15 Å². The molecule has 0 bridgehead atoms. The lowest BCUT2D eigenvalue weighted by Crippen LogP contribution is -2.07. The summed E-state index contributed by atoms with van der Waals surface area (Å²) in [5.74, 6) is 1.31. The van der Waals surface area contributed by atoms with Crippen molar-refractivity contribution in [1.29, 1.82) is 0 Å². The average Bonchev–Trinajstić information content (AvgIpc) is 2.98. The molecule has 0 saturated carbocycles. The van der Waals surface area contributed by atoms with Crippen molar-refractivity contribution >= 4 is 22.4 Å². The highest BCUT2D eigenvalue weighted by Gasteiger charge is 2.14. The molecule has 0 aromatic carbocycles. The van der Waals surface area contributed by atoms with Gasteiger partial charge in [-0.15, -0.1) is 11.3 Å². The Bertz CT molecular complexity index is 562. The third kappa shape index (κ3) is 3.35. The molecule has 1 unspecified atom stereocenters. The number of aryl methyl sites for hydroxylation is 1. The van der Waals surface area contributed by atoms with Gasteiger partial charge in [0.15, 0.2) is 10.8 Å². The van der Waals surface area contributed by atoms with Crippen LogP contribution in [0.2, 0.25) is 0 Å². The first-order valence-electron chi connectivity index (χ1n) is 6.05. The number of aromatic nitrogens is 1. The van der Waals surface area contributed by atoms with Gasteiger partial charge >= 0.3 is 5.97 Å². The SMILES string of the molecule is CCOC(=O)c1csc(NC(C)c2ccc(C)o2)n1. The Kier molecular flexibility index (Phi) is 4.21. The Labute approximate surface area is 115 Å². The molecule has 2 rings (SSSR count). The zero-order chi connectivity index (χ0) is 13.8. The van der Waals surface area contributed by atoms with Crippen molar-refractivity contribution in [1.82, 2.24) is 4.98 Å². The van der Waals surface area contributed by atoms with Crippen LogP contribution in [0.1, 0.15) is 41.9 Å². The number of rotatable bonds is 5. The average molecular weight is 280 g/mol. The molecule has 0 aliphatic carbocycles. The van der Waals surface area contributed by atoms with Crippen molar-refractivity contribution in [3.8, 4) is 0 Å². The quantitative estimate of drug-likeness (QED) is 0.850. The van der Waals surface area contributed by atoms with Crippen molar-refractivity contribution in [2.45, 2.75) is 26.8 Å². The van der Waals surface area contributed by atoms with Gasteiger partial charge in [0.1, 0.15) is 11.5 Å². The Balaban J connectivity index is 2.01. The predicted molar refractivity (Wildman–Crippen MR) is 73.6 cm³/mol. The molecule has 0 saturated heterocycles. The number of nitrogens with one attached hydrogen (secondary N) is 1. The number of thiazole rings is 1. The molecule has 2 heterocycles. The Morgan fingerprint density at radius 1 is 1.58 bits per heavy atom. The fourth-order valence-corrected chi connectivity index (χ4v) is 2.35. The second-order valence-corrected chi connectivity index (χ2v) is 4.93. The molecule has 6 heteroatoms. The number of hydrogen-bond acceptors (Lipinski definition) is 6. The minimum Gasteiger partial charge on any atom is -0.464 e. The molecule has 2 aromatic heterocycles. The van der Waals surface area contributed by atoms with Crippen molar-refractivity contribution in [2.75, 3.05) is 11.9 Å². The van der Waals surface area contributed by atoms with Gasteiger partial charge in [-0.2, -0.15) is 0 Å². The van der Waals surface area contributed by atoms with Crippen LogP contribution in [0.3, 0.4) is 0 Å². The van der Waals surface area contributed by atoms with Gasteiger partial charge in [0.25, 0.3) is 0 Å². The summed E-state index contributed by atoms with van der Waals surface area (Å²) in [6.45, 7) is 5.99. The molecular formula is C13H16N2O3S. The van der Waals surface area contributed by atoms with E-state index in [1.54, 1.807) is 12.3 Å². The highest BCUT2D eigenvalue weighted by atomic mass is 32.1. The van der Waals surface area contributed by atoms with E-state index in [2.05, 4.69) is 10.3 Å². The molecule has 1 atom stereocenters. The smallest absolute Gasteiger partial charge is 0.357 e. The maximum absolute atomic E-state index is 11.5. The first-order valence-corrected chi connectivity index (χ1v) is 6.93. The summed E-state index contributed by atoms with van der Waals surface area (Å²) in [7, 11) is 0. The molecule has 0 fully saturated rings. The van der Waals surface area contributed by atoms with E-state index >= 15 is 0 Å². The van der Waals surface area contributed by atoms with Crippen molar-refractivity contribution in [3.63, 3.8) is 0 Å². The summed E-state index contributed by atoms with van der Waals surface area (Å²) in [4.78, 5) is 15.7. The molecule has 0 aliphatic rings. The monoisotopic (exact) mass is 280 g/mol. The Morgan fingerprint density at radius 3 is 3.00 bits per heavy atom. The van der Waals surface area contributed by atoms with Gasteiger partial charge < -0.3 is 14.5 Å². The number of carbonyl (C=O) groups is 1. The Morgan fingerprint density at radius 2 is 2.37 bits per heavy atom. The van der Waals surface area contributed by atoms with Gasteiger partial charge in [0, 0.05) is 5.38 Å². The van der Waals surface area contributed by atoms with E-state index in [0.717, 1.165) is 11.5 Å². The van der Waals surface area contributed by atoms with E-state index in [1.165, 1.54) is 11.3 Å². The van der Waals surface area contributed by atoms with E-state index in [0.29, 0.717) is 17.4 Å². The number of esters is 1. The maximum atomic E-state index is 11.5. The van der Waals surface area contributed by atoms with Crippen molar-refractivity contribution in [3.05, 3.63) is 34.7 Å². The molecular weight excluding hydrogens is 264 g/mol. The fourth-order valence-electron chi connectivity index (χ4n) is 1.58. The lowest BCUT2D eigenvalue weighted by Gasteiger charge is -2.09. The first-order chi connectivity index (χ1) is 9.10. The first kappa shape index (κ1) is 13.6. The minimum absolute atomic E-state index is 0.00473. The van der Waals surface area contributed by atoms with Crippen LogP contribution in [-0.2, 0) is 4.74 Å². The standard InChI is InChI=1S/C13H16N2O3S/c1-4-17-12(16)10-7-19-13(15-10)14-9(3)11-6-5-8(2)18-11/h5-7,9H,4H2,1-3H3,(H,14,15). The molecule has 0 amide bonds. The zero-order valence-corrected chi connectivity index (χ0v) is 11.9. The topological polar surface area (TPSA) is 64.4 Å². The molecule has 19 heavy (non-hydrogen) atoms. The van der Waals surface area contributed by atoms with E-state index < -0.39 is 5.97 Å². The van der Waals surface area contributed by atoms with Crippen LogP contribution in [0.15, 0.2) is 21.9 Å². The summed E-state index contributed by atoms with van der Waals surface area (Å²) in [6, 6.07) is 3.83. The lowest BCUT2D eigenvalue weighted by atomic mass is 10.2. The van der Waals surface area contributed by atoms with Gasteiger partial charge in [-0.1, -0.05) is 0 Å². The van der Waals surface area contributed by atoms with Crippen molar-refractivity contribution in [2.24, 2.45) is 0 Å². The van der Waals surface area contributed by atoms with Crippen LogP contribution in [-0.4, -0.2) is 17.6 Å². The van der Waals surface area contributed by atoms with Crippen LogP contribution in [0.4, 0.5) is 5.13 Å². The largest absolute Gasteiger partial charge is 0.464 e. The van der Waals surface area contributed by atoms with Gasteiger partial charge in [0.05, 0.1) is 12.6 Å². The molecule has 5 nitrogen and oxygen atoms in total. The van der Waals surface area contributed by atoms with Crippen LogP contribution >= 0.6 is 11.3 Å². The number of furan rings is 1. The van der Waals surface area contributed by atoms with E-state index in [1.807, 2.05) is 26.0 Å². The van der Waals surface area contributed by atoms with E-state index in [-0.39, 0.29) is 6.04 Å². The number of carbonyl (C=O) groups excluding carboxylic acids is 1. The molecule has 1 N–H and O–H groups in total. The zero-order valence-electron chi connectivity index (χ0n) is 11.1. The highest BCUT2D eigenvalue weighted by molar-refractivity contribution is 7.13. The second kappa shape index (κ2) is 5.88. The van der Waals surface area contributed by atoms with Crippen molar-refractivity contribution < 1.29 is 13.9 Å². The van der Waals surface area contributed by atoms with Crippen LogP contribution in [0.5, 0.6) is 0 Å². The second-order valence-electron chi connectivity index (χ2n) is 4.07. The normalized spacial score (nSPS) is 12.2. The molecule has 102 valence electrons. The summed E-state index contributed by atoms with van der Waals surface area (Å²) in [5, 5.41) is 5.55. The van der Waals surface area contributed by atoms with Crippen LogP contribution in [0.25, 0.3) is 0 Å². The highest BCUT2D eigenvalue weighted by Crippen LogP contribution is 2.23. The number of ether oxygens (including phenoxy) is 1. The number of hydrogen-bond donors (Lipinski definition) is 1. The predicted octanol–water partition coefficient (Wildman–Crippen LogP) is 3.39. The maximum Gasteiger partial charge on any atom is 0.357 e. The third-order valence-corrected chi connectivity index (χ3v) is 3.29. The molecule has 2 aromatic rings. The molecule has 0 radical (unpaired) electrons. The van der Waals surface area contributed by atoms with Crippen LogP contribution < -0.4 is 5.32 Å². The minimum atomic E-state index is -0.395.